The predicted octanol–water partition coefficient (Wildman–Crippen LogP) is 12.0. The second-order valence-electron chi connectivity index (χ2n) is 24.2. The summed E-state index contributed by atoms with van der Waals surface area (Å²) in [6, 6.07) is 0. The van der Waals surface area contributed by atoms with Gasteiger partial charge in [0.1, 0.15) is 0 Å². The number of allylic oxidation sites excluding steroid dienone is 8. The molecule has 5 heteroatoms. The summed E-state index contributed by atoms with van der Waals surface area (Å²) in [5.74, 6) is 7.88. The quantitative estimate of drug-likeness (QED) is 0.227. The van der Waals surface area contributed by atoms with Crippen molar-refractivity contribution in [2.24, 2.45) is 80.8 Å². The first-order valence-electron chi connectivity index (χ1n) is 24.6. The summed E-state index contributed by atoms with van der Waals surface area (Å²) in [6.07, 6.45) is 31.8. The number of aliphatic hydroxyl groups is 2. The Kier molecular flexibility index (Phi) is 11.5. The lowest BCUT2D eigenvalue weighted by atomic mass is 9.48. The molecule has 0 aromatic rings. The third kappa shape index (κ3) is 7.61. The van der Waals surface area contributed by atoms with Crippen LogP contribution in [0.4, 0.5) is 0 Å². The van der Waals surface area contributed by atoms with Crippen molar-refractivity contribution in [1.82, 2.24) is 0 Å². The molecule has 1 heterocycles. The molecule has 9 rings (SSSR count). The standard InChI is InChI=1S/C27H42O3.C27H40O2/c1-17(6-11-24(29)25(2,3)30)21-9-10-22-20-8-7-18-16-19(28)12-14-26(18,4)23(20)13-15-27(21,22)5;1-17(6-11-24-25(2,3)29-24)21-9-10-22-20-8-7-18-16-19(28)12-14-26(18,4)23(20)13-15-27(21,22)5/h7-8,16-17,20-24,29-30H,6,9-15H2,1-5H3;7-8,16-17,20-24H,6,9-15H2,1-5H3/t2*17-,20+,21-,22+,23+,24?,26+,27-/m11/s1. The number of ether oxygens (including phenoxy) is 1. The maximum Gasteiger partial charge on any atom is 0.156 e. The summed E-state index contributed by atoms with van der Waals surface area (Å²) in [7, 11) is 0. The van der Waals surface area contributed by atoms with E-state index in [0.29, 0.717) is 70.9 Å². The lowest BCUT2D eigenvalue weighted by molar-refractivity contribution is -0.117. The highest BCUT2D eigenvalue weighted by molar-refractivity contribution is 5.92. The van der Waals surface area contributed by atoms with E-state index in [1.807, 2.05) is 12.2 Å². The van der Waals surface area contributed by atoms with Gasteiger partial charge in [0.25, 0.3) is 0 Å². The predicted molar refractivity (Wildman–Crippen MR) is 238 cm³/mol. The average molecular weight is 811 g/mol. The van der Waals surface area contributed by atoms with Crippen molar-refractivity contribution in [3.05, 3.63) is 47.6 Å². The molecule has 2 unspecified atom stereocenters. The van der Waals surface area contributed by atoms with Crippen molar-refractivity contribution >= 4 is 11.6 Å². The highest BCUT2D eigenvalue weighted by Crippen LogP contribution is 2.68. The van der Waals surface area contributed by atoms with E-state index >= 15 is 0 Å². The molecule has 5 fully saturated rings. The van der Waals surface area contributed by atoms with Crippen LogP contribution >= 0.6 is 0 Å². The summed E-state index contributed by atoms with van der Waals surface area (Å²) >= 11 is 0. The smallest absolute Gasteiger partial charge is 0.156 e. The zero-order valence-electron chi connectivity index (χ0n) is 38.8. The summed E-state index contributed by atoms with van der Waals surface area (Å²) in [4.78, 5) is 24.0. The highest BCUT2D eigenvalue weighted by Gasteiger charge is 2.60. The monoisotopic (exact) mass is 811 g/mol. The first kappa shape index (κ1) is 43.8. The average Bonchev–Trinajstić information content (AvgIpc) is 3.43. The molecule has 9 aliphatic rings. The molecule has 1 aliphatic heterocycles. The minimum Gasteiger partial charge on any atom is -0.390 e. The van der Waals surface area contributed by atoms with E-state index < -0.39 is 11.7 Å². The number of aliphatic hydroxyl groups excluding tert-OH is 1. The van der Waals surface area contributed by atoms with Gasteiger partial charge in [0, 0.05) is 12.8 Å². The molecule has 0 amide bonds. The van der Waals surface area contributed by atoms with Gasteiger partial charge < -0.3 is 14.9 Å². The zero-order chi connectivity index (χ0) is 42.5. The minimum atomic E-state index is -1.02. The van der Waals surface area contributed by atoms with Gasteiger partial charge in [0.2, 0.25) is 0 Å². The van der Waals surface area contributed by atoms with Crippen molar-refractivity contribution in [1.29, 1.82) is 0 Å². The number of rotatable bonds is 9. The van der Waals surface area contributed by atoms with Crippen LogP contribution in [0.2, 0.25) is 0 Å². The minimum absolute atomic E-state index is 0.134. The Morgan fingerprint density at radius 2 is 1.10 bits per heavy atom. The zero-order valence-corrected chi connectivity index (χ0v) is 38.8. The molecule has 0 aromatic heterocycles. The lowest BCUT2D eigenvalue weighted by Crippen LogP contribution is -2.49. The maximum atomic E-state index is 12.0. The number of carbonyl (C=O) groups excluding carboxylic acids is 2. The van der Waals surface area contributed by atoms with E-state index in [1.165, 1.54) is 75.4 Å². The van der Waals surface area contributed by atoms with Gasteiger partial charge in [-0.3, -0.25) is 9.59 Å². The maximum absolute atomic E-state index is 12.0. The second kappa shape index (κ2) is 15.5. The molecule has 0 bridgehead atoms. The summed E-state index contributed by atoms with van der Waals surface area (Å²) in [5.41, 5.74) is 2.99. The van der Waals surface area contributed by atoms with Gasteiger partial charge in [-0.1, -0.05) is 65.8 Å². The lowest BCUT2D eigenvalue weighted by Gasteiger charge is -2.56. The summed E-state index contributed by atoms with van der Waals surface area (Å²) < 4.78 is 5.85. The van der Waals surface area contributed by atoms with Crippen LogP contribution in [0.25, 0.3) is 0 Å². The third-order valence-corrected chi connectivity index (χ3v) is 20.3. The molecule has 59 heavy (non-hydrogen) atoms. The Morgan fingerprint density at radius 3 is 1.53 bits per heavy atom. The van der Waals surface area contributed by atoms with Gasteiger partial charge in [0.05, 0.1) is 23.4 Å². The van der Waals surface area contributed by atoms with Crippen LogP contribution in [0.3, 0.4) is 0 Å². The van der Waals surface area contributed by atoms with Crippen LogP contribution < -0.4 is 0 Å². The Labute approximate surface area is 358 Å². The van der Waals surface area contributed by atoms with E-state index in [4.69, 9.17) is 4.74 Å². The van der Waals surface area contributed by atoms with Crippen molar-refractivity contribution in [3.8, 4) is 0 Å². The normalized spacial score (nSPS) is 45.5. The first-order valence-corrected chi connectivity index (χ1v) is 24.6. The largest absolute Gasteiger partial charge is 0.390 e. The van der Waals surface area contributed by atoms with E-state index in [1.54, 1.807) is 13.8 Å². The number of ketones is 2. The van der Waals surface area contributed by atoms with Gasteiger partial charge in [-0.05, 0) is 222 Å². The molecule has 2 N–H and O–H groups in total. The van der Waals surface area contributed by atoms with E-state index in [9.17, 15) is 19.8 Å². The molecule has 0 radical (unpaired) electrons. The molecule has 5 nitrogen and oxygen atoms in total. The van der Waals surface area contributed by atoms with Crippen LogP contribution in [0.1, 0.15) is 172 Å². The van der Waals surface area contributed by atoms with Gasteiger partial charge in [0.15, 0.2) is 11.6 Å². The summed E-state index contributed by atoms with van der Waals surface area (Å²) in [6.45, 7) is 22.8. The Balaban J connectivity index is 0.000000164. The van der Waals surface area contributed by atoms with Crippen LogP contribution in [0.15, 0.2) is 47.6 Å². The molecule has 16 atom stereocenters. The van der Waals surface area contributed by atoms with Crippen molar-refractivity contribution in [2.45, 2.75) is 195 Å². The topological polar surface area (TPSA) is 87.1 Å². The molecule has 0 aromatic carbocycles. The molecular formula is C54H82O5. The van der Waals surface area contributed by atoms with Crippen molar-refractivity contribution in [2.75, 3.05) is 0 Å². The number of hydrogen-bond donors (Lipinski definition) is 2. The molecule has 4 saturated carbocycles. The Morgan fingerprint density at radius 1 is 0.661 bits per heavy atom. The van der Waals surface area contributed by atoms with Gasteiger partial charge in [-0.15, -0.1) is 0 Å². The first-order chi connectivity index (χ1) is 27.6. The fourth-order valence-corrected chi connectivity index (χ4v) is 16.3. The number of hydrogen-bond acceptors (Lipinski definition) is 5. The van der Waals surface area contributed by atoms with Crippen LogP contribution in [0, 0.1) is 80.8 Å². The van der Waals surface area contributed by atoms with Crippen LogP contribution in [0.5, 0.6) is 0 Å². The Bertz CT molecular complexity index is 1760. The van der Waals surface area contributed by atoms with Gasteiger partial charge >= 0.3 is 0 Å². The highest BCUT2D eigenvalue weighted by atomic mass is 16.6. The third-order valence-electron chi connectivity index (χ3n) is 20.3. The summed E-state index contributed by atoms with van der Waals surface area (Å²) in [5, 5.41) is 20.4. The van der Waals surface area contributed by atoms with Crippen molar-refractivity contribution < 1.29 is 24.5 Å². The number of fused-ring (bicyclic) bond motifs is 10. The molecule has 0 spiro atoms. The van der Waals surface area contributed by atoms with Crippen LogP contribution in [-0.4, -0.2) is 45.2 Å². The fraction of sp³-hybridized carbons (Fsp3) is 0.815. The SMILES string of the molecule is C[C@H](CCC(O)C(C)(C)O)[C@H]1CC[C@H]2[C@@H]3C=CC4=CC(=O)CC[C@]4(C)[C@H]3CC[C@]12C.C[C@H](CCC1OC1(C)C)[C@H]1CC[C@H]2[C@@H]3C=CC4=CC(=O)CC[C@]4(C)[C@H]3CC[C@]12C. The van der Waals surface area contributed by atoms with Crippen molar-refractivity contribution in [3.63, 3.8) is 0 Å². The van der Waals surface area contributed by atoms with Crippen LogP contribution in [-0.2, 0) is 14.3 Å². The van der Waals surface area contributed by atoms with E-state index in [0.717, 1.165) is 55.3 Å². The Hall–Kier alpha value is -1.82. The second-order valence-corrected chi connectivity index (χ2v) is 24.2. The molecular weight excluding hydrogens is 729 g/mol. The number of carbonyl (C=O) groups is 2. The molecule has 1 saturated heterocycles. The fourth-order valence-electron chi connectivity index (χ4n) is 16.3. The van der Waals surface area contributed by atoms with Gasteiger partial charge in [-0.2, -0.15) is 0 Å². The van der Waals surface area contributed by atoms with E-state index in [-0.39, 0.29) is 16.4 Å². The molecule has 328 valence electrons. The number of epoxide rings is 1. The molecule has 8 aliphatic carbocycles. The van der Waals surface area contributed by atoms with Gasteiger partial charge in [-0.25, -0.2) is 0 Å². The van der Waals surface area contributed by atoms with E-state index in [2.05, 4.69) is 79.7 Å².